The molecule has 12 rings (SSSR count). The van der Waals surface area contributed by atoms with Crippen LogP contribution in [0.1, 0.15) is 40.2 Å². The number of anilines is 3. The summed E-state index contributed by atoms with van der Waals surface area (Å²) < 4.78 is 0. The first-order valence-electron chi connectivity index (χ1n) is 19.0. The van der Waals surface area contributed by atoms with Gasteiger partial charge >= 0.3 is 0 Å². The van der Waals surface area contributed by atoms with E-state index >= 15 is 0 Å². The van der Waals surface area contributed by atoms with Gasteiger partial charge in [-0.15, -0.1) is 0 Å². The maximum absolute atomic E-state index is 2.52. The maximum Gasteiger partial charge on any atom is 0.0540 e. The van der Waals surface area contributed by atoms with Gasteiger partial charge in [0, 0.05) is 29.1 Å². The van der Waals surface area contributed by atoms with Gasteiger partial charge in [-0.3, -0.25) is 0 Å². The van der Waals surface area contributed by atoms with Crippen LogP contribution in [-0.4, -0.2) is 0 Å². The fourth-order valence-electron chi connectivity index (χ4n) is 10.3. The van der Waals surface area contributed by atoms with E-state index in [2.05, 4.69) is 175 Å². The second kappa shape index (κ2) is 11.0. The van der Waals surface area contributed by atoms with Gasteiger partial charge in [0.1, 0.15) is 0 Å². The van der Waals surface area contributed by atoms with E-state index in [-0.39, 0.29) is 0 Å². The van der Waals surface area contributed by atoms with Gasteiger partial charge in [-0.05, 0) is 120 Å². The average Bonchev–Trinajstić information content (AvgIpc) is 3.62. The van der Waals surface area contributed by atoms with Crippen molar-refractivity contribution in [2.75, 3.05) is 4.90 Å². The molecule has 0 fully saturated rings. The molecule has 0 bridgehead atoms. The Morgan fingerprint density at radius 3 is 1.75 bits per heavy atom. The minimum atomic E-state index is 0.303. The molecule has 0 radical (unpaired) electrons. The lowest BCUT2D eigenvalue weighted by Gasteiger charge is -2.34. The SMILES string of the molecule is C1=CCC2c3c(cccc3-c3c(-c4ccccc4)c4c(c(-c5ccccc5)c32)-c2cccc3c(N5c6ccccc6Cc6ccccc65)ccc-4c23)C1. The molecule has 0 saturated heterocycles. The number of nitrogens with zero attached hydrogens (tertiary/aromatic N) is 1. The van der Waals surface area contributed by atoms with E-state index in [1.165, 1.54) is 111 Å². The predicted octanol–water partition coefficient (Wildman–Crippen LogP) is 13.8. The van der Waals surface area contributed by atoms with Crippen LogP contribution in [0.2, 0.25) is 0 Å². The smallest absolute Gasteiger partial charge is 0.0540 e. The van der Waals surface area contributed by atoms with Crippen molar-refractivity contribution < 1.29 is 0 Å². The van der Waals surface area contributed by atoms with Gasteiger partial charge in [-0.2, -0.15) is 0 Å². The topological polar surface area (TPSA) is 3.24 Å². The number of para-hydroxylation sites is 2. The predicted molar refractivity (Wildman–Crippen MR) is 221 cm³/mol. The Balaban J connectivity index is 1.23. The van der Waals surface area contributed by atoms with Gasteiger partial charge in [-0.1, -0.05) is 152 Å². The summed E-state index contributed by atoms with van der Waals surface area (Å²) in [5, 5.41) is 2.65. The second-order valence-electron chi connectivity index (χ2n) is 15.0. The van der Waals surface area contributed by atoms with Crippen LogP contribution in [0.3, 0.4) is 0 Å². The number of allylic oxidation sites excluding steroid dienone is 2. The molecule has 0 N–H and O–H groups in total. The van der Waals surface area contributed by atoms with Crippen LogP contribution in [0, 0.1) is 0 Å². The standard InChI is InChI=1S/C52H35N/c1-3-15-33(16-4-1)46-49-38-23-10-7-19-32-22-13-25-39(45(32)38)50(49)47(34-17-5-2-6-18-34)52-41-29-30-44(37-24-14-26-40(48(37)41)51(46)52)53-42-27-11-8-20-35(42)31-36-21-9-12-28-43(36)53/h1-18,20-22,24-30,38H,19,23,31H2. The zero-order chi connectivity index (χ0) is 34.6. The lowest BCUT2D eigenvalue weighted by molar-refractivity contribution is 0.857. The molecule has 0 aromatic heterocycles. The zero-order valence-electron chi connectivity index (χ0n) is 29.3. The summed E-state index contributed by atoms with van der Waals surface area (Å²) in [5.74, 6) is 0.303. The van der Waals surface area contributed by atoms with E-state index in [4.69, 9.17) is 0 Å². The molecule has 0 saturated carbocycles. The summed E-state index contributed by atoms with van der Waals surface area (Å²) in [4.78, 5) is 2.52. The molecule has 1 heterocycles. The minimum Gasteiger partial charge on any atom is -0.309 e. The normalized spacial score (nSPS) is 15.4. The highest BCUT2D eigenvalue weighted by Crippen LogP contribution is 2.65. The third-order valence-corrected chi connectivity index (χ3v) is 12.3. The number of fused-ring (bicyclic) bond motifs is 8. The summed E-state index contributed by atoms with van der Waals surface area (Å²) in [6, 6.07) is 59.3. The molecule has 1 aliphatic heterocycles. The number of hydrogen-bond acceptors (Lipinski definition) is 1. The zero-order valence-corrected chi connectivity index (χ0v) is 29.3. The average molecular weight is 674 g/mol. The quantitative estimate of drug-likeness (QED) is 0.169. The van der Waals surface area contributed by atoms with E-state index < -0.39 is 0 Å². The maximum atomic E-state index is 2.52. The molecule has 1 nitrogen and oxygen atoms in total. The summed E-state index contributed by atoms with van der Waals surface area (Å²) in [7, 11) is 0. The van der Waals surface area contributed by atoms with Gasteiger partial charge in [-0.25, -0.2) is 0 Å². The van der Waals surface area contributed by atoms with E-state index in [0.29, 0.717) is 5.92 Å². The summed E-state index contributed by atoms with van der Waals surface area (Å²) in [6.07, 6.45) is 7.77. The van der Waals surface area contributed by atoms with Gasteiger partial charge in [0.15, 0.2) is 0 Å². The van der Waals surface area contributed by atoms with Crippen molar-refractivity contribution in [1.82, 2.24) is 0 Å². The van der Waals surface area contributed by atoms with Crippen molar-refractivity contribution in [1.29, 1.82) is 0 Å². The Morgan fingerprint density at radius 2 is 1.00 bits per heavy atom. The number of benzene rings is 8. The van der Waals surface area contributed by atoms with Crippen molar-refractivity contribution in [3.8, 4) is 55.6 Å². The molecule has 1 atom stereocenters. The van der Waals surface area contributed by atoms with E-state index in [9.17, 15) is 0 Å². The highest BCUT2D eigenvalue weighted by molar-refractivity contribution is 6.26. The summed E-state index contributed by atoms with van der Waals surface area (Å²) in [5.41, 5.74) is 24.6. The lowest BCUT2D eigenvalue weighted by atomic mass is 9.78. The minimum absolute atomic E-state index is 0.303. The first-order chi connectivity index (χ1) is 26.3. The molecular weight excluding hydrogens is 639 g/mol. The Morgan fingerprint density at radius 1 is 0.396 bits per heavy atom. The van der Waals surface area contributed by atoms with Crippen LogP contribution in [0.5, 0.6) is 0 Å². The number of hydrogen-bond donors (Lipinski definition) is 0. The molecule has 248 valence electrons. The highest BCUT2D eigenvalue weighted by Gasteiger charge is 2.41. The van der Waals surface area contributed by atoms with Crippen molar-refractivity contribution in [3.63, 3.8) is 0 Å². The lowest BCUT2D eigenvalue weighted by Crippen LogP contribution is -2.18. The Kier molecular flexibility index (Phi) is 6.07. The Hall–Kier alpha value is -6.44. The van der Waals surface area contributed by atoms with Crippen molar-refractivity contribution in [2.24, 2.45) is 0 Å². The van der Waals surface area contributed by atoms with E-state index in [0.717, 1.165) is 19.3 Å². The molecule has 3 aliphatic carbocycles. The van der Waals surface area contributed by atoms with Gasteiger partial charge < -0.3 is 4.90 Å². The molecule has 1 unspecified atom stereocenters. The van der Waals surface area contributed by atoms with Crippen LogP contribution in [-0.2, 0) is 12.8 Å². The molecule has 53 heavy (non-hydrogen) atoms. The fraction of sp³-hybridized carbons (Fsp3) is 0.0769. The van der Waals surface area contributed by atoms with Crippen LogP contribution in [0.15, 0.2) is 170 Å². The molecule has 0 amide bonds. The molecule has 0 spiro atoms. The van der Waals surface area contributed by atoms with Crippen molar-refractivity contribution >= 4 is 27.8 Å². The van der Waals surface area contributed by atoms with Crippen LogP contribution in [0.25, 0.3) is 66.4 Å². The Bertz CT molecular complexity index is 2810. The molecule has 8 aromatic carbocycles. The van der Waals surface area contributed by atoms with Gasteiger partial charge in [0.05, 0.1) is 5.69 Å². The highest BCUT2D eigenvalue weighted by atomic mass is 15.2. The summed E-state index contributed by atoms with van der Waals surface area (Å²) in [6.45, 7) is 0. The molecule has 1 heteroatoms. The second-order valence-corrected chi connectivity index (χ2v) is 15.0. The Labute approximate surface area is 310 Å². The molecular formula is C52H35N. The van der Waals surface area contributed by atoms with Crippen LogP contribution >= 0.6 is 0 Å². The monoisotopic (exact) mass is 673 g/mol. The van der Waals surface area contributed by atoms with Crippen LogP contribution in [0.4, 0.5) is 17.1 Å². The first-order valence-corrected chi connectivity index (χ1v) is 19.0. The van der Waals surface area contributed by atoms with E-state index in [1.54, 1.807) is 0 Å². The summed E-state index contributed by atoms with van der Waals surface area (Å²) >= 11 is 0. The molecule has 8 aromatic rings. The van der Waals surface area contributed by atoms with Crippen LogP contribution < -0.4 is 4.90 Å². The third-order valence-electron chi connectivity index (χ3n) is 12.3. The largest absolute Gasteiger partial charge is 0.309 e. The third kappa shape index (κ3) is 3.97. The van der Waals surface area contributed by atoms with Gasteiger partial charge in [0.2, 0.25) is 0 Å². The van der Waals surface area contributed by atoms with Gasteiger partial charge in [0.25, 0.3) is 0 Å². The van der Waals surface area contributed by atoms with E-state index in [1.807, 2.05) is 0 Å². The first kappa shape index (κ1) is 29.2. The number of rotatable bonds is 3. The van der Waals surface area contributed by atoms with Crippen molar-refractivity contribution in [3.05, 3.63) is 198 Å². The van der Waals surface area contributed by atoms with Crippen molar-refractivity contribution in [2.45, 2.75) is 25.2 Å². The fourth-order valence-corrected chi connectivity index (χ4v) is 10.3. The molecule has 4 aliphatic rings.